The van der Waals surface area contributed by atoms with Crippen molar-refractivity contribution in [1.82, 2.24) is 0 Å². The molecule has 0 spiro atoms. The third kappa shape index (κ3) is 4.89. The highest BCUT2D eigenvalue weighted by Gasteiger charge is 2.61. The Morgan fingerprint density at radius 1 is 0.833 bits per heavy atom. The number of rotatable bonds is 7. The number of aliphatic hydroxyl groups is 1. The Balaban J connectivity index is 1.31. The van der Waals surface area contributed by atoms with Gasteiger partial charge in [-0.3, -0.25) is 0 Å². The molecular formula is C34H53BrO. The van der Waals surface area contributed by atoms with Gasteiger partial charge in [0.2, 0.25) is 0 Å². The number of aliphatic hydroxyl groups excluding tert-OH is 1. The molecule has 4 unspecified atom stereocenters. The SMILES string of the molecule is CC(C)CCC[C@@H](C)[C@H]1CCC2C3CCC4[C@H](Cc5ccc(Br)cc5)[C@H](O)CC[C@]4(C)C3CC[C@@]21C. The van der Waals surface area contributed by atoms with Crippen LogP contribution in [0.3, 0.4) is 0 Å². The van der Waals surface area contributed by atoms with Crippen molar-refractivity contribution in [1.29, 1.82) is 0 Å². The minimum absolute atomic E-state index is 0.125. The van der Waals surface area contributed by atoms with Crippen molar-refractivity contribution in [3.8, 4) is 0 Å². The summed E-state index contributed by atoms with van der Waals surface area (Å²) in [4.78, 5) is 0. The largest absolute Gasteiger partial charge is 0.393 e. The average Bonchev–Trinajstić information content (AvgIpc) is 3.19. The van der Waals surface area contributed by atoms with Crippen LogP contribution in [0.2, 0.25) is 0 Å². The lowest BCUT2D eigenvalue weighted by molar-refractivity contribution is -0.152. The lowest BCUT2D eigenvalue weighted by Gasteiger charge is -2.63. The van der Waals surface area contributed by atoms with Crippen molar-refractivity contribution >= 4 is 15.9 Å². The molecule has 1 aromatic carbocycles. The van der Waals surface area contributed by atoms with E-state index in [0.29, 0.717) is 22.7 Å². The first-order valence-electron chi connectivity index (χ1n) is 15.6. The Labute approximate surface area is 230 Å². The predicted octanol–water partition coefficient (Wildman–Crippen LogP) is 9.70. The van der Waals surface area contributed by atoms with E-state index in [0.717, 1.165) is 52.8 Å². The van der Waals surface area contributed by atoms with Gasteiger partial charge < -0.3 is 5.11 Å². The number of benzene rings is 1. The fourth-order valence-electron chi connectivity index (χ4n) is 10.7. The zero-order chi connectivity index (χ0) is 25.7. The van der Waals surface area contributed by atoms with Crippen LogP contribution in [0, 0.1) is 58.2 Å². The molecule has 36 heavy (non-hydrogen) atoms. The second kappa shape index (κ2) is 10.7. The van der Waals surface area contributed by atoms with Gasteiger partial charge in [0.25, 0.3) is 0 Å². The number of hydrogen-bond donors (Lipinski definition) is 1. The van der Waals surface area contributed by atoms with Gasteiger partial charge in [0.05, 0.1) is 6.10 Å². The molecule has 0 heterocycles. The van der Waals surface area contributed by atoms with Gasteiger partial charge in [-0.2, -0.15) is 0 Å². The van der Waals surface area contributed by atoms with Crippen LogP contribution in [0.25, 0.3) is 0 Å². The van der Waals surface area contributed by atoms with E-state index in [4.69, 9.17) is 0 Å². The molecule has 4 aliphatic carbocycles. The maximum Gasteiger partial charge on any atom is 0.0574 e. The highest BCUT2D eigenvalue weighted by Crippen LogP contribution is 2.69. The zero-order valence-electron chi connectivity index (χ0n) is 23.8. The molecule has 4 aliphatic rings. The van der Waals surface area contributed by atoms with E-state index in [9.17, 15) is 5.11 Å². The molecule has 1 nitrogen and oxygen atoms in total. The third-order valence-electron chi connectivity index (χ3n) is 12.5. The molecule has 4 fully saturated rings. The smallest absolute Gasteiger partial charge is 0.0574 e. The summed E-state index contributed by atoms with van der Waals surface area (Å²) < 4.78 is 1.15. The molecule has 0 aliphatic heterocycles. The predicted molar refractivity (Wildman–Crippen MR) is 156 cm³/mol. The van der Waals surface area contributed by atoms with E-state index in [2.05, 4.69) is 74.8 Å². The first kappa shape index (κ1) is 27.2. The van der Waals surface area contributed by atoms with Gasteiger partial charge >= 0.3 is 0 Å². The van der Waals surface area contributed by atoms with Crippen LogP contribution >= 0.6 is 15.9 Å². The van der Waals surface area contributed by atoms with Gasteiger partial charge in [-0.05, 0) is 134 Å². The Bertz CT molecular complexity index is 878. The monoisotopic (exact) mass is 556 g/mol. The van der Waals surface area contributed by atoms with Crippen LogP contribution < -0.4 is 0 Å². The zero-order valence-corrected chi connectivity index (χ0v) is 25.4. The molecule has 4 saturated carbocycles. The van der Waals surface area contributed by atoms with Crippen LogP contribution in [-0.4, -0.2) is 11.2 Å². The molecule has 0 saturated heterocycles. The molecule has 1 aromatic rings. The summed E-state index contributed by atoms with van der Waals surface area (Å²) in [6, 6.07) is 8.87. The summed E-state index contributed by atoms with van der Waals surface area (Å²) in [5, 5.41) is 11.2. The van der Waals surface area contributed by atoms with E-state index in [1.54, 1.807) is 0 Å². The Morgan fingerprint density at radius 3 is 2.22 bits per heavy atom. The lowest BCUT2D eigenvalue weighted by Crippen LogP contribution is -2.57. The molecule has 0 radical (unpaired) electrons. The summed E-state index contributed by atoms with van der Waals surface area (Å²) in [7, 11) is 0. The van der Waals surface area contributed by atoms with E-state index in [1.165, 1.54) is 69.8 Å². The highest BCUT2D eigenvalue weighted by molar-refractivity contribution is 9.10. The number of fused-ring (bicyclic) bond motifs is 5. The average molecular weight is 558 g/mol. The third-order valence-corrected chi connectivity index (χ3v) is 13.0. The summed E-state index contributed by atoms with van der Waals surface area (Å²) in [5.41, 5.74) is 2.40. The molecule has 1 N–H and O–H groups in total. The van der Waals surface area contributed by atoms with Crippen molar-refractivity contribution < 1.29 is 5.11 Å². The molecule has 10 atom stereocenters. The Morgan fingerprint density at radius 2 is 1.50 bits per heavy atom. The normalized spacial score (nSPS) is 43.1. The summed E-state index contributed by atoms with van der Waals surface area (Å²) in [5.74, 6) is 6.55. The van der Waals surface area contributed by atoms with Crippen LogP contribution in [0.5, 0.6) is 0 Å². The number of hydrogen-bond acceptors (Lipinski definition) is 1. The van der Waals surface area contributed by atoms with Gasteiger partial charge in [-0.1, -0.05) is 81.9 Å². The van der Waals surface area contributed by atoms with Gasteiger partial charge in [0, 0.05) is 4.47 Å². The molecule has 202 valence electrons. The quantitative estimate of drug-likeness (QED) is 0.354. The van der Waals surface area contributed by atoms with Crippen molar-refractivity contribution in [2.75, 3.05) is 0 Å². The second-order valence-corrected chi connectivity index (χ2v) is 15.6. The molecular weight excluding hydrogens is 504 g/mol. The van der Waals surface area contributed by atoms with Gasteiger partial charge in [-0.25, -0.2) is 0 Å². The van der Waals surface area contributed by atoms with Gasteiger partial charge in [0.15, 0.2) is 0 Å². The fraction of sp³-hybridized carbons (Fsp3) is 0.824. The molecule has 2 heteroatoms. The first-order valence-corrected chi connectivity index (χ1v) is 16.3. The minimum Gasteiger partial charge on any atom is -0.393 e. The van der Waals surface area contributed by atoms with Gasteiger partial charge in [0.1, 0.15) is 0 Å². The van der Waals surface area contributed by atoms with Crippen LogP contribution in [-0.2, 0) is 6.42 Å². The standard InChI is InChI=1S/C34H53BrO/c1-22(2)7-6-8-23(3)28-15-16-29-26-13-14-30-27(21-24-9-11-25(35)12-10-24)32(36)18-20-34(30,5)31(26)17-19-33(28,29)4/h9-12,22-23,26-32,36H,6-8,13-21H2,1-5H3/t23-,26?,27+,28-,29?,30?,31?,32-,33-,34+/m1/s1. The van der Waals surface area contributed by atoms with E-state index >= 15 is 0 Å². The Kier molecular flexibility index (Phi) is 8.07. The van der Waals surface area contributed by atoms with E-state index in [1.807, 2.05) is 0 Å². The maximum absolute atomic E-state index is 11.2. The van der Waals surface area contributed by atoms with Crippen molar-refractivity contribution in [3.05, 3.63) is 34.3 Å². The molecule has 0 amide bonds. The van der Waals surface area contributed by atoms with Gasteiger partial charge in [-0.15, -0.1) is 0 Å². The van der Waals surface area contributed by atoms with Crippen molar-refractivity contribution in [2.24, 2.45) is 58.2 Å². The van der Waals surface area contributed by atoms with Crippen LogP contribution in [0.15, 0.2) is 28.7 Å². The van der Waals surface area contributed by atoms with Crippen molar-refractivity contribution in [3.63, 3.8) is 0 Å². The second-order valence-electron chi connectivity index (χ2n) is 14.7. The summed E-state index contributed by atoms with van der Waals surface area (Å²) >= 11 is 3.59. The first-order chi connectivity index (χ1) is 17.1. The Hall–Kier alpha value is -0.340. The summed E-state index contributed by atoms with van der Waals surface area (Å²) in [6.07, 6.45) is 16.1. The molecule has 0 aromatic heterocycles. The maximum atomic E-state index is 11.2. The van der Waals surface area contributed by atoms with Crippen LogP contribution in [0.1, 0.15) is 111 Å². The fourth-order valence-corrected chi connectivity index (χ4v) is 11.0. The van der Waals surface area contributed by atoms with Crippen molar-refractivity contribution in [2.45, 2.75) is 118 Å². The van der Waals surface area contributed by atoms with Crippen LogP contribution in [0.4, 0.5) is 0 Å². The topological polar surface area (TPSA) is 20.2 Å². The van der Waals surface area contributed by atoms with E-state index in [-0.39, 0.29) is 6.10 Å². The number of halogens is 1. The lowest BCUT2D eigenvalue weighted by atomic mass is 9.42. The highest BCUT2D eigenvalue weighted by atomic mass is 79.9. The van der Waals surface area contributed by atoms with E-state index < -0.39 is 0 Å². The molecule has 0 bridgehead atoms. The molecule has 5 rings (SSSR count). The summed E-state index contributed by atoms with van der Waals surface area (Å²) in [6.45, 7) is 12.7. The minimum atomic E-state index is -0.125.